The van der Waals surface area contributed by atoms with E-state index in [0.717, 1.165) is 0 Å². The van der Waals surface area contributed by atoms with Crippen LogP contribution in [0.5, 0.6) is 11.5 Å². The zero-order valence-corrected chi connectivity index (χ0v) is 16.0. The first kappa shape index (κ1) is 18.7. The summed E-state index contributed by atoms with van der Waals surface area (Å²) in [6.45, 7) is 0. The molecule has 0 amide bonds. The summed E-state index contributed by atoms with van der Waals surface area (Å²) < 4.78 is 24.4. The average molecular weight is 407 g/mol. The lowest BCUT2D eigenvalue weighted by Gasteiger charge is -2.05. The molecule has 0 aliphatic heterocycles. The first-order valence-electron chi connectivity index (χ1n) is 8.55. The van der Waals surface area contributed by atoms with Crippen LogP contribution < -0.4 is 9.47 Å². The number of benzene rings is 3. The smallest absolute Gasteiger partial charge is 0.343 e. The molecule has 0 bridgehead atoms. The van der Waals surface area contributed by atoms with Gasteiger partial charge in [-0.05, 0) is 66.7 Å². The molecule has 0 aliphatic carbocycles. The van der Waals surface area contributed by atoms with Crippen LogP contribution in [0.15, 0.2) is 77.0 Å². The molecule has 0 spiro atoms. The summed E-state index contributed by atoms with van der Waals surface area (Å²) in [6, 6.07) is 17.6. The van der Waals surface area contributed by atoms with Crippen LogP contribution in [0.3, 0.4) is 0 Å². The second kappa shape index (κ2) is 8.15. The van der Waals surface area contributed by atoms with Gasteiger partial charge in [0.25, 0.3) is 0 Å². The van der Waals surface area contributed by atoms with E-state index in [1.807, 2.05) is 0 Å². The topological polar surface area (TPSA) is 73.1 Å². The Morgan fingerprint density at radius 2 is 1.69 bits per heavy atom. The lowest BCUT2D eigenvalue weighted by Crippen LogP contribution is -2.08. The molecule has 0 N–H and O–H groups in total. The van der Waals surface area contributed by atoms with Crippen LogP contribution in [0.1, 0.15) is 10.4 Å². The molecule has 144 valence electrons. The first-order chi connectivity index (χ1) is 14.1. The van der Waals surface area contributed by atoms with Gasteiger partial charge in [0.1, 0.15) is 17.3 Å². The van der Waals surface area contributed by atoms with Crippen molar-refractivity contribution in [1.29, 1.82) is 0 Å². The van der Waals surface area contributed by atoms with Crippen molar-refractivity contribution in [3.63, 3.8) is 0 Å². The number of nitrogens with zero attached hydrogens (tertiary/aromatic N) is 3. The molecule has 0 saturated carbocycles. The van der Waals surface area contributed by atoms with Crippen molar-refractivity contribution in [2.24, 2.45) is 10.2 Å². The third kappa shape index (κ3) is 4.44. The van der Waals surface area contributed by atoms with Gasteiger partial charge in [-0.15, -0.1) is 10.2 Å². The van der Waals surface area contributed by atoms with E-state index in [1.54, 1.807) is 61.7 Å². The van der Waals surface area contributed by atoms with Crippen LogP contribution in [0.4, 0.5) is 15.2 Å². The van der Waals surface area contributed by atoms with Crippen LogP contribution >= 0.6 is 11.3 Å². The van der Waals surface area contributed by atoms with E-state index in [2.05, 4.69) is 15.2 Å². The number of esters is 1. The van der Waals surface area contributed by atoms with Gasteiger partial charge in [0.05, 0.1) is 28.6 Å². The number of fused-ring (bicyclic) bond motifs is 1. The molecule has 1 aromatic heterocycles. The number of halogens is 1. The molecule has 1 heterocycles. The highest BCUT2D eigenvalue weighted by Gasteiger charge is 2.09. The number of thiazole rings is 1. The maximum atomic E-state index is 13.3. The molecule has 4 rings (SSSR count). The van der Waals surface area contributed by atoms with Crippen molar-refractivity contribution in [3.8, 4) is 11.5 Å². The summed E-state index contributed by atoms with van der Waals surface area (Å²) in [6.07, 6.45) is 0. The van der Waals surface area contributed by atoms with Crippen LogP contribution in [0.25, 0.3) is 10.2 Å². The van der Waals surface area contributed by atoms with Crippen molar-refractivity contribution < 1.29 is 18.7 Å². The number of carbonyl (C=O) groups is 1. The summed E-state index contributed by atoms with van der Waals surface area (Å²) >= 11 is 1.25. The van der Waals surface area contributed by atoms with Crippen molar-refractivity contribution >= 4 is 38.3 Å². The van der Waals surface area contributed by atoms with Crippen LogP contribution in [-0.2, 0) is 0 Å². The van der Waals surface area contributed by atoms with Gasteiger partial charge in [-0.1, -0.05) is 11.3 Å². The second-order valence-electron chi connectivity index (χ2n) is 5.92. The third-order valence-electron chi connectivity index (χ3n) is 3.96. The maximum absolute atomic E-state index is 13.3. The van der Waals surface area contributed by atoms with E-state index in [1.165, 1.54) is 23.5 Å². The zero-order chi connectivity index (χ0) is 20.2. The van der Waals surface area contributed by atoms with Gasteiger partial charge in [-0.25, -0.2) is 14.2 Å². The molecule has 0 unspecified atom stereocenters. The predicted octanol–water partition coefficient (Wildman–Crippen LogP) is 6.08. The van der Waals surface area contributed by atoms with Gasteiger partial charge < -0.3 is 9.47 Å². The Labute approximate surface area is 169 Å². The molecule has 0 radical (unpaired) electrons. The fourth-order valence-electron chi connectivity index (χ4n) is 2.50. The summed E-state index contributed by atoms with van der Waals surface area (Å²) in [7, 11) is 1.56. The number of carbonyl (C=O) groups excluding carboxylic acids is 1. The standard InChI is InChI=1S/C21H14FN3O3S/c1-27-16-7-2-13(3-8-16)20(26)28-17-9-5-15(6-10-17)24-25-21-23-18-11-4-14(22)12-19(18)29-21/h2-12H,1H3. The number of ether oxygens (including phenoxy) is 2. The van der Waals surface area contributed by atoms with Crippen LogP contribution in [0, 0.1) is 5.82 Å². The number of rotatable bonds is 5. The molecule has 4 aromatic rings. The fraction of sp³-hybridized carbons (Fsp3) is 0.0476. The summed E-state index contributed by atoms with van der Waals surface area (Å²) in [4.78, 5) is 16.5. The van der Waals surface area contributed by atoms with Gasteiger partial charge in [0.2, 0.25) is 5.13 Å². The van der Waals surface area contributed by atoms with Crippen molar-refractivity contribution in [2.45, 2.75) is 0 Å². The average Bonchev–Trinajstić information content (AvgIpc) is 3.15. The van der Waals surface area contributed by atoms with E-state index >= 15 is 0 Å². The normalized spacial score (nSPS) is 11.1. The Morgan fingerprint density at radius 3 is 2.41 bits per heavy atom. The van der Waals surface area contributed by atoms with Gasteiger partial charge in [0.15, 0.2) is 0 Å². The molecule has 8 heteroatoms. The minimum Gasteiger partial charge on any atom is -0.497 e. The Kier molecular flexibility index (Phi) is 5.26. The van der Waals surface area contributed by atoms with E-state index in [4.69, 9.17) is 9.47 Å². The fourth-order valence-corrected chi connectivity index (χ4v) is 3.32. The number of methoxy groups -OCH3 is 1. The van der Waals surface area contributed by atoms with E-state index in [0.29, 0.717) is 38.1 Å². The molecule has 6 nitrogen and oxygen atoms in total. The molecular weight excluding hydrogens is 393 g/mol. The number of hydrogen-bond donors (Lipinski definition) is 0. The first-order valence-corrected chi connectivity index (χ1v) is 9.36. The van der Waals surface area contributed by atoms with Crippen molar-refractivity contribution in [3.05, 3.63) is 78.1 Å². The molecule has 0 atom stereocenters. The largest absolute Gasteiger partial charge is 0.497 e. The van der Waals surface area contributed by atoms with E-state index in [-0.39, 0.29) is 5.82 Å². The molecule has 0 aliphatic rings. The van der Waals surface area contributed by atoms with Crippen LogP contribution in [0.2, 0.25) is 0 Å². The molecule has 0 saturated heterocycles. The second-order valence-corrected chi connectivity index (χ2v) is 6.93. The van der Waals surface area contributed by atoms with Gasteiger partial charge >= 0.3 is 5.97 Å². The van der Waals surface area contributed by atoms with Crippen LogP contribution in [-0.4, -0.2) is 18.1 Å². The molecular formula is C21H14FN3O3S. The Bertz CT molecular complexity index is 1190. The molecule has 0 fully saturated rings. The lowest BCUT2D eigenvalue weighted by atomic mass is 10.2. The number of azo groups is 1. The maximum Gasteiger partial charge on any atom is 0.343 e. The summed E-state index contributed by atoms with van der Waals surface area (Å²) in [5, 5.41) is 8.64. The van der Waals surface area contributed by atoms with Gasteiger partial charge in [-0.2, -0.15) is 0 Å². The highest BCUT2D eigenvalue weighted by molar-refractivity contribution is 7.21. The Hall–Kier alpha value is -3.65. The highest BCUT2D eigenvalue weighted by Crippen LogP contribution is 2.30. The molecule has 29 heavy (non-hydrogen) atoms. The quantitative estimate of drug-likeness (QED) is 0.228. The number of hydrogen-bond acceptors (Lipinski definition) is 7. The summed E-state index contributed by atoms with van der Waals surface area (Å²) in [5.74, 6) is 0.267. The van der Waals surface area contributed by atoms with Gasteiger partial charge in [0, 0.05) is 0 Å². The van der Waals surface area contributed by atoms with Crippen molar-refractivity contribution in [2.75, 3.05) is 7.11 Å². The molecule has 3 aromatic carbocycles. The monoisotopic (exact) mass is 407 g/mol. The number of aromatic nitrogens is 1. The van der Waals surface area contributed by atoms with Gasteiger partial charge in [-0.3, -0.25) is 0 Å². The van der Waals surface area contributed by atoms with E-state index < -0.39 is 5.97 Å². The Morgan fingerprint density at radius 1 is 0.966 bits per heavy atom. The SMILES string of the molecule is COc1ccc(C(=O)Oc2ccc(N=Nc3nc4ccc(F)cc4s3)cc2)cc1. The Balaban J connectivity index is 1.42. The summed E-state index contributed by atoms with van der Waals surface area (Å²) in [5.41, 5.74) is 1.66. The van der Waals surface area contributed by atoms with E-state index in [9.17, 15) is 9.18 Å². The zero-order valence-electron chi connectivity index (χ0n) is 15.2. The third-order valence-corrected chi connectivity index (χ3v) is 4.87. The minimum atomic E-state index is -0.469. The predicted molar refractivity (Wildman–Crippen MR) is 108 cm³/mol. The van der Waals surface area contributed by atoms with Crippen molar-refractivity contribution in [1.82, 2.24) is 4.98 Å². The minimum absolute atomic E-state index is 0.315. The highest BCUT2D eigenvalue weighted by atomic mass is 32.1. The lowest BCUT2D eigenvalue weighted by molar-refractivity contribution is 0.0734.